The summed E-state index contributed by atoms with van der Waals surface area (Å²) in [5, 5.41) is 1.81. The largest absolute Gasteiger partial charge is 0.0907 e. The molecule has 0 aromatic heterocycles. The van der Waals surface area contributed by atoms with Crippen LogP contribution >= 0.6 is 21.6 Å². The van der Waals surface area contributed by atoms with Crippen LogP contribution in [0.4, 0.5) is 0 Å². The van der Waals surface area contributed by atoms with Gasteiger partial charge in [0.05, 0.1) is 0 Å². The standard InChI is InChI=1S/C5H10S2/c1-4-3-5(2)7-6-4/h4-5H,3H2,1-2H3. The maximum Gasteiger partial charge on any atom is 0.0134 e. The molecular formula is C5H10S2. The van der Waals surface area contributed by atoms with Gasteiger partial charge in [-0.2, -0.15) is 0 Å². The Balaban J connectivity index is 2.26. The molecule has 0 bridgehead atoms. The van der Waals surface area contributed by atoms with E-state index in [1.54, 1.807) is 0 Å². The summed E-state index contributed by atoms with van der Waals surface area (Å²) in [4.78, 5) is 0. The molecule has 1 heterocycles. The third-order valence-corrected chi connectivity index (χ3v) is 4.51. The molecule has 2 heteroatoms. The van der Waals surface area contributed by atoms with Crippen LogP contribution < -0.4 is 0 Å². The minimum atomic E-state index is 0.903. The molecule has 0 spiro atoms. The van der Waals surface area contributed by atoms with Gasteiger partial charge in [0, 0.05) is 10.5 Å². The van der Waals surface area contributed by atoms with E-state index in [1.807, 2.05) is 21.6 Å². The molecule has 0 radical (unpaired) electrons. The van der Waals surface area contributed by atoms with E-state index in [-0.39, 0.29) is 0 Å². The molecule has 2 atom stereocenters. The summed E-state index contributed by atoms with van der Waals surface area (Å²) >= 11 is 0. The molecule has 0 N–H and O–H groups in total. The summed E-state index contributed by atoms with van der Waals surface area (Å²) in [5.41, 5.74) is 0. The molecule has 0 aromatic rings. The van der Waals surface area contributed by atoms with E-state index in [1.165, 1.54) is 6.42 Å². The van der Waals surface area contributed by atoms with Gasteiger partial charge in [0.25, 0.3) is 0 Å². The van der Waals surface area contributed by atoms with Crippen molar-refractivity contribution >= 4 is 21.6 Å². The molecule has 0 aliphatic carbocycles. The predicted octanol–water partition coefficient (Wildman–Crippen LogP) is 2.55. The lowest BCUT2D eigenvalue weighted by Gasteiger charge is -1.93. The topological polar surface area (TPSA) is 0 Å². The van der Waals surface area contributed by atoms with Gasteiger partial charge < -0.3 is 0 Å². The Morgan fingerprint density at radius 3 is 1.71 bits per heavy atom. The highest BCUT2D eigenvalue weighted by Crippen LogP contribution is 2.42. The maximum atomic E-state index is 2.29. The van der Waals surface area contributed by atoms with Gasteiger partial charge in [-0.1, -0.05) is 35.4 Å². The summed E-state index contributed by atoms with van der Waals surface area (Å²) in [7, 11) is 4.04. The normalized spacial score (nSPS) is 42.0. The molecule has 1 aliphatic rings. The van der Waals surface area contributed by atoms with Crippen molar-refractivity contribution in [1.29, 1.82) is 0 Å². The van der Waals surface area contributed by atoms with Crippen LogP contribution in [0.15, 0.2) is 0 Å². The van der Waals surface area contributed by atoms with Crippen molar-refractivity contribution in [1.82, 2.24) is 0 Å². The monoisotopic (exact) mass is 134 g/mol. The Kier molecular flexibility index (Phi) is 1.93. The van der Waals surface area contributed by atoms with Crippen molar-refractivity contribution in [3.63, 3.8) is 0 Å². The van der Waals surface area contributed by atoms with Crippen LogP contribution in [-0.4, -0.2) is 10.5 Å². The molecule has 7 heavy (non-hydrogen) atoms. The van der Waals surface area contributed by atoms with Gasteiger partial charge in [-0.25, -0.2) is 0 Å². The first-order valence-electron chi connectivity index (χ1n) is 2.61. The second-order valence-corrected chi connectivity index (χ2v) is 5.20. The molecule has 1 rings (SSSR count). The van der Waals surface area contributed by atoms with E-state index in [9.17, 15) is 0 Å². The Morgan fingerprint density at radius 1 is 1.14 bits per heavy atom. The molecule has 0 saturated carbocycles. The van der Waals surface area contributed by atoms with Gasteiger partial charge in [-0.15, -0.1) is 0 Å². The van der Waals surface area contributed by atoms with E-state index in [2.05, 4.69) is 13.8 Å². The highest BCUT2D eigenvalue weighted by atomic mass is 33.1. The SMILES string of the molecule is CC1CC(C)SS1. The first-order chi connectivity index (χ1) is 3.29. The Labute approximate surface area is 52.8 Å². The van der Waals surface area contributed by atoms with Crippen LogP contribution in [0.2, 0.25) is 0 Å². The van der Waals surface area contributed by atoms with Gasteiger partial charge in [0.1, 0.15) is 0 Å². The Morgan fingerprint density at radius 2 is 1.57 bits per heavy atom. The van der Waals surface area contributed by atoms with Crippen molar-refractivity contribution in [2.24, 2.45) is 0 Å². The zero-order chi connectivity index (χ0) is 5.28. The van der Waals surface area contributed by atoms with Crippen LogP contribution in [0.1, 0.15) is 20.3 Å². The van der Waals surface area contributed by atoms with Crippen LogP contribution in [0.3, 0.4) is 0 Å². The lowest BCUT2D eigenvalue weighted by molar-refractivity contribution is 0.821. The summed E-state index contributed by atoms with van der Waals surface area (Å²) in [5.74, 6) is 0. The first kappa shape index (κ1) is 5.83. The molecule has 1 saturated heterocycles. The third-order valence-electron chi connectivity index (χ3n) is 1.05. The zero-order valence-electron chi connectivity index (χ0n) is 4.68. The van der Waals surface area contributed by atoms with Crippen LogP contribution in [0.5, 0.6) is 0 Å². The molecule has 0 amide bonds. The van der Waals surface area contributed by atoms with E-state index in [4.69, 9.17) is 0 Å². The van der Waals surface area contributed by atoms with Gasteiger partial charge in [-0.3, -0.25) is 0 Å². The van der Waals surface area contributed by atoms with E-state index in [0.29, 0.717) is 0 Å². The van der Waals surface area contributed by atoms with Gasteiger partial charge in [0.2, 0.25) is 0 Å². The van der Waals surface area contributed by atoms with Crippen molar-refractivity contribution in [3.05, 3.63) is 0 Å². The Bertz CT molecular complexity index is 55.1. The second-order valence-electron chi connectivity index (χ2n) is 2.05. The smallest absolute Gasteiger partial charge is 0.0134 e. The summed E-state index contributed by atoms with van der Waals surface area (Å²) in [6.07, 6.45) is 1.40. The predicted molar refractivity (Wildman–Crippen MR) is 38.7 cm³/mol. The average Bonchev–Trinajstić information content (AvgIpc) is 1.87. The summed E-state index contributed by atoms with van der Waals surface area (Å²) in [6.45, 7) is 4.59. The van der Waals surface area contributed by atoms with Crippen molar-refractivity contribution in [2.75, 3.05) is 0 Å². The number of rotatable bonds is 0. The van der Waals surface area contributed by atoms with Gasteiger partial charge >= 0.3 is 0 Å². The maximum absolute atomic E-state index is 2.29. The number of hydrogen-bond acceptors (Lipinski definition) is 2. The van der Waals surface area contributed by atoms with Crippen molar-refractivity contribution < 1.29 is 0 Å². The molecule has 1 aliphatic heterocycles. The molecule has 42 valence electrons. The summed E-state index contributed by atoms with van der Waals surface area (Å²) in [6, 6.07) is 0. The summed E-state index contributed by atoms with van der Waals surface area (Å²) < 4.78 is 0. The lowest BCUT2D eigenvalue weighted by atomic mass is 10.3. The lowest BCUT2D eigenvalue weighted by Crippen LogP contribution is -1.93. The van der Waals surface area contributed by atoms with E-state index in [0.717, 1.165) is 10.5 Å². The molecular weight excluding hydrogens is 124 g/mol. The Hall–Kier alpha value is 0.700. The van der Waals surface area contributed by atoms with E-state index < -0.39 is 0 Å². The minimum absolute atomic E-state index is 0.903. The van der Waals surface area contributed by atoms with Crippen LogP contribution in [0, 0.1) is 0 Å². The number of hydrogen-bond donors (Lipinski definition) is 0. The molecule has 0 aromatic carbocycles. The molecule has 1 fully saturated rings. The van der Waals surface area contributed by atoms with Gasteiger partial charge in [0.15, 0.2) is 0 Å². The van der Waals surface area contributed by atoms with Crippen molar-refractivity contribution in [2.45, 2.75) is 30.8 Å². The van der Waals surface area contributed by atoms with Crippen LogP contribution in [-0.2, 0) is 0 Å². The highest BCUT2D eigenvalue weighted by molar-refractivity contribution is 8.77. The fourth-order valence-electron chi connectivity index (χ4n) is 0.736. The fraction of sp³-hybridized carbons (Fsp3) is 1.00. The molecule has 2 unspecified atom stereocenters. The first-order valence-corrected chi connectivity index (χ1v) is 4.89. The van der Waals surface area contributed by atoms with Crippen LogP contribution in [0.25, 0.3) is 0 Å². The van der Waals surface area contributed by atoms with Gasteiger partial charge in [-0.05, 0) is 6.42 Å². The van der Waals surface area contributed by atoms with E-state index >= 15 is 0 Å². The highest BCUT2D eigenvalue weighted by Gasteiger charge is 2.17. The van der Waals surface area contributed by atoms with Crippen molar-refractivity contribution in [3.8, 4) is 0 Å². The third kappa shape index (κ3) is 1.57. The quantitative estimate of drug-likeness (QED) is 0.467. The minimum Gasteiger partial charge on any atom is -0.0907 e. The zero-order valence-corrected chi connectivity index (χ0v) is 6.31. The molecule has 0 nitrogen and oxygen atoms in total. The average molecular weight is 134 g/mol. The second kappa shape index (κ2) is 2.31. The fourth-order valence-corrected chi connectivity index (χ4v) is 3.58.